The van der Waals surface area contributed by atoms with Crippen molar-refractivity contribution in [2.45, 2.75) is 5.41 Å². The standard InChI is InChI=1S/C73H50N2/c1-5-19-51(20-6-1)52-33-35-53(36-34-52)54-41-44-61(45-42-54)74(60-25-11-4-12-26-60)70-31-17-14-27-63(70)56-39-37-55(38-40-56)57-43-47-66-65-29-15-18-32-71(65)75(72(66)49-57)62-46-48-69-67(50-62)64-28-13-16-30-68(64)73(69,58-21-7-2-8-22-58)59-23-9-3-10-24-59/h1-50H. The summed E-state index contributed by atoms with van der Waals surface area (Å²) in [6.07, 6.45) is 0. The van der Waals surface area contributed by atoms with Gasteiger partial charge in [0, 0.05) is 33.4 Å². The molecule has 0 atom stereocenters. The van der Waals surface area contributed by atoms with Gasteiger partial charge in [-0.25, -0.2) is 0 Å². The number of para-hydroxylation sites is 3. The number of benzene rings is 12. The highest BCUT2D eigenvalue weighted by Gasteiger charge is 2.46. The molecule has 0 radical (unpaired) electrons. The molecule has 2 heteroatoms. The van der Waals surface area contributed by atoms with E-state index in [1.807, 2.05) is 0 Å². The molecular weight excluding hydrogens is 905 g/mol. The van der Waals surface area contributed by atoms with Gasteiger partial charge in [-0.05, 0) is 127 Å². The van der Waals surface area contributed by atoms with Gasteiger partial charge < -0.3 is 9.47 Å². The van der Waals surface area contributed by atoms with Crippen LogP contribution in [0.25, 0.3) is 83.1 Å². The van der Waals surface area contributed by atoms with Gasteiger partial charge in [-0.1, -0.05) is 249 Å². The minimum Gasteiger partial charge on any atom is -0.310 e. The smallest absolute Gasteiger partial charge is 0.0713 e. The molecule has 0 unspecified atom stereocenters. The van der Waals surface area contributed by atoms with Crippen LogP contribution in [0.5, 0.6) is 0 Å². The van der Waals surface area contributed by atoms with E-state index in [2.05, 4.69) is 313 Å². The number of nitrogens with zero attached hydrogens (tertiary/aromatic N) is 2. The van der Waals surface area contributed by atoms with E-state index in [4.69, 9.17) is 0 Å². The molecule has 1 heterocycles. The van der Waals surface area contributed by atoms with Crippen molar-refractivity contribution in [2.75, 3.05) is 4.90 Å². The summed E-state index contributed by atoms with van der Waals surface area (Å²) in [6, 6.07) is 111. The number of anilines is 3. The summed E-state index contributed by atoms with van der Waals surface area (Å²) in [6.45, 7) is 0. The normalized spacial score (nSPS) is 12.4. The summed E-state index contributed by atoms with van der Waals surface area (Å²) in [7, 11) is 0. The van der Waals surface area contributed by atoms with Crippen LogP contribution in [0.3, 0.4) is 0 Å². The van der Waals surface area contributed by atoms with Gasteiger partial charge in [0.1, 0.15) is 0 Å². The number of fused-ring (bicyclic) bond motifs is 6. The van der Waals surface area contributed by atoms with Gasteiger partial charge in [-0.15, -0.1) is 0 Å². The number of hydrogen-bond acceptors (Lipinski definition) is 1. The molecule has 13 aromatic rings. The highest BCUT2D eigenvalue weighted by atomic mass is 15.1. The van der Waals surface area contributed by atoms with Crippen LogP contribution in [-0.4, -0.2) is 4.57 Å². The van der Waals surface area contributed by atoms with E-state index in [0.29, 0.717) is 0 Å². The van der Waals surface area contributed by atoms with Crippen LogP contribution in [0.4, 0.5) is 17.1 Å². The van der Waals surface area contributed by atoms with E-state index in [1.165, 1.54) is 88.6 Å². The van der Waals surface area contributed by atoms with Gasteiger partial charge in [-0.2, -0.15) is 0 Å². The molecule has 0 spiro atoms. The SMILES string of the molecule is c1ccc(-c2ccc(-c3ccc(N(c4ccccc4)c4ccccc4-c4ccc(-c5ccc6c7ccccc7n(-c7ccc8c(c7)-c7ccccc7C8(c7ccccc7)c7ccccc7)c6c5)cc4)cc3)cc2)cc1. The summed E-state index contributed by atoms with van der Waals surface area (Å²) >= 11 is 0. The van der Waals surface area contributed by atoms with E-state index in [0.717, 1.165) is 33.9 Å². The summed E-state index contributed by atoms with van der Waals surface area (Å²) in [4.78, 5) is 2.37. The van der Waals surface area contributed by atoms with Crippen LogP contribution in [0.1, 0.15) is 22.3 Å². The maximum absolute atomic E-state index is 2.47. The zero-order valence-corrected chi connectivity index (χ0v) is 41.3. The van der Waals surface area contributed by atoms with Crippen molar-refractivity contribution in [2.24, 2.45) is 0 Å². The Hall–Kier alpha value is -9.76. The lowest BCUT2D eigenvalue weighted by atomic mass is 9.68. The number of hydrogen-bond donors (Lipinski definition) is 0. The topological polar surface area (TPSA) is 8.17 Å². The molecule has 0 saturated carbocycles. The second-order valence-corrected chi connectivity index (χ2v) is 19.6. The monoisotopic (exact) mass is 954 g/mol. The first-order valence-electron chi connectivity index (χ1n) is 25.9. The van der Waals surface area contributed by atoms with Crippen LogP contribution < -0.4 is 4.90 Å². The Morgan fingerprint density at radius 3 is 1.39 bits per heavy atom. The molecule has 1 aliphatic carbocycles. The Morgan fingerprint density at radius 1 is 0.267 bits per heavy atom. The molecule has 0 bridgehead atoms. The Morgan fingerprint density at radius 2 is 0.720 bits per heavy atom. The fourth-order valence-electron chi connectivity index (χ4n) is 12.1. The van der Waals surface area contributed by atoms with Gasteiger partial charge in [0.2, 0.25) is 0 Å². The first-order chi connectivity index (χ1) is 37.2. The van der Waals surface area contributed by atoms with Crippen LogP contribution in [0, 0.1) is 0 Å². The number of aromatic nitrogens is 1. The van der Waals surface area contributed by atoms with Crippen molar-refractivity contribution in [1.29, 1.82) is 0 Å². The van der Waals surface area contributed by atoms with Gasteiger partial charge in [0.15, 0.2) is 0 Å². The Balaban J connectivity index is 0.829. The van der Waals surface area contributed by atoms with Gasteiger partial charge in [-0.3, -0.25) is 0 Å². The predicted molar refractivity (Wildman–Crippen MR) is 315 cm³/mol. The first kappa shape index (κ1) is 44.0. The third kappa shape index (κ3) is 7.41. The first-order valence-corrected chi connectivity index (χ1v) is 25.9. The quantitative estimate of drug-likeness (QED) is 0.133. The minimum atomic E-state index is -0.448. The Kier molecular flexibility index (Phi) is 10.8. The highest BCUT2D eigenvalue weighted by molar-refractivity contribution is 6.10. The molecule has 0 fully saturated rings. The molecule has 0 saturated heterocycles. The summed E-state index contributed by atoms with van der Waals surface area (Å²) in [5.74, 6) is 0. The fourth-order valence-corrected chi connectivity index (χ4v) is 12.1. The van der Waals surface area contributed by atoms with Gasteiger partial charge >= 0.3 is 0 Å². The van der Waals surface area contributed by atoms with Crippen LogP contribution >= 0.6 is 0 Å². The molecule has 0 N–H and O–H groups in total. The van der Waals surface area contributed by atoms with Crippen LogP contribution in [-0.2, 0) is 5.41 Å². The fraction of sp³-hybridized carbons (Fsp3) is 0.0137. The molecule has 12 aromatic carbocycles. The summed E-state index contributed by atoms with van der Waals surface area (Å²) < 4.78 is 2.47. The summed E-state index contributed by atoms with van der Waals surface area (Å²) in [5, 5.41) is 2.48. The highest BCUT2D eigenvalue weighted by Crippen LogP contribution is 2.56. The van der Waals surface area contributed by atoms with Crippen molar-refractivity contribution in [3.63, 3.8) is 0 Å². The molecular formula is C73H50N2. The van der Waals surface area contributed by atoms with Crippen molar-refractivity contribution < 1.29 is 0 Å². The largest absolute Gasteiger partial charge is 0.310 e. The summed E-state index contributed by atoms with van der Waals surface area (Å²) in [5.41, 5.74) is 23.5. The molecule has 14 rings (SSSR count). The molecule has 352 valence electrons. The maximum atomic E-state index is 2.47. The lowest BCUT2D eigenvalue weighted by Gasteiger charge is -2.33. The maximum Gasteiger partial charge on any atom is 0.0713 e. The van der Waals surface area contributed by atoms with E-state index < -0.39 is 5.41 Å². The number of rotatable bonds is 10. The van der Waals surface area contributed by atoms with Crippen molar-refractivity contribution in [1.82, 2.24) is 4.57 Å². The molecule has 1 aromatic heterocycles. The Labute approximate surface area is 438 Å². The second-order valence-electron chi connectivity index (χ2n) is 19.6. The third-order valence-electron chi connectivity index (χ3n) is 15.5. The predicted octanol–water partition coefficient (Wildman–Crippen LogP) is 19.3. The Bertz CT molecular complexity index is 4140. The van der Waals surface area contributed by atoms with Gasteiger partial charge in [0.25, 0.3) is 0 Å². The average Bonchev–Trinajstić information content (AvgIpc) is 4.01. The van der Waals surface area contributed by atoms with E-state index in [-0.39, 0.29) is 0 Å². The third-order valence-corrected chi connectivity index (χ3v) is 15.5. The molecule has 2 nitrogen and oxygen atoms in total. The molecule has 0 aliphatic heterocycles. The van der Waals surface area contributed by atoms with Crippen molar-refractivity contribution in [3.8, 4) is 61.3 Å². The van der Waals surface area contributed by atoms with Crippen molar-refractivity contribution >= 4 is 38.9 Å². The minimum absolute atomic E-state index is 0.448. The zero-order chi connectivity index (χ0) is 49.7. The average molecular weight is 955 g/mol. The second kappa shape index (κ2) is 18.4. The molecule has 0 amide bonds. The van der Waals surface area contributed by atoms with E-state index in [1.54, 1.807) is 0 Å². The van der Waals surface area contributed by atoms with Crippen molar-refractivity contribution in [3.05, 3.63) is 326 Å². The van der Waals surface area contributed by atoms with E-state index in [9.17, 15) is 0 Å². The van der Waals surface area contributed by atoms with Crippen LogP contribution in [0.2, 0.25) is 0 Å². The lowest BCUT2D eigenvalue weighted by molar-refractivity contribution is 0.768. The lowest BCUT2D eigenvalue weighted by Crippen LogP contribution is -2.28. The zero-order valence-electron chi connectivity index (χ0n) is 41.3. The molecule has 1 aliphatic rings. The van der Waals surface area contributed by atoms with Crippen LogP contribution in [0.15, 0.2) is 303 Å². The molecule has 75 heavy (non-hydrogen) atoms. The van der Waals surface area contributed by atoms with E-state index >= 15 is 0 Å². The van der Waals surface area contributed by atoms with Gasteiger partial charge in [0.05, 0.1) is 22.1 Å².